The van der Waals surface area contributed by atoms with E-state index in [1.165, 1.54) is 4.88 Å². The molecule has 3 nitrogen and oxygen atoms in total. The first kappa shape index (κ1) is 12.7. The molecule has 2 rings (SSSR count). The zero-order chi connectivity index (χ0) is 12.1. The SMILES string of the molecule is CCc1ccc(C(=O)COCC2CCCO2)s1. The number of ether oxygens (including phenoxy) is 2. The average molecular weight is 254 g/mol. The minimum Gasteiger partial charge on any atom is -0.376 e. The van der Waals surface area contributed by atoms with Crippen LogP contribution in [-0.4, -0.2) is 31.7 Å². The lowest BCUT2D eigenvalue weighted by Gasteiger charge is -2.08. The summed E-state index contributed by atoms with van der Waals surface area (Å²) in [4.78, 5) is 13.8. The lowest BCUT2D eigenvalue weighted by atomic mass is 10.2. The highest BCUT2D eigenvalue weighted by Gasteiger charge is 2.16. The molecule has 4 heteroatoms. The van der Waals surface area contributed by atoms with E-state index >= 15 is 0 Å². The van der Waals surface area contributed by atoms with Gasteiger partial charge < -0.3 is 9.47 Å². The van der Waals surface area contributed by atoms with Crippen LogP contribution in [0.1, 0.15) is 34.3 Å². The molecule has 0 radical (unpaired) electrons. The molecule has 17 heavy (non-hydrogen) atoms. The molecule has 0 saturated carbocycles. The molecule has 1 atom stereocenters. The Morgan fingerprint density at radius 2 is 2.47 bits per heavy atom. The van der Waals surface area contributed by atoms with Gasteiger partial charge in [-0.1, -0.05) is 6.92 Å². The molecule has 1 aliphatic rings. The lowest BCUT2D eigenvalue weighted by Crippen LogP contribution is -2.17. The van der Waals surface area contributed by atoms with Gasteiger partial charge in [0.05, 0.1) is 17.6 Å². The summed E-state index contributed by atoms with van der Waals surface area (Å²) >= 11 is 1.56. The predicted molar refractivity (Wildman–Crippen MR) is 67.8 cm³/mol. The lowest BCUT2D eigenvalue weighted by molar-refractivity contribution is 0.0191. The third-order valence-electron chi connectivity index (χ3n) is 2.85. The number of hydrogen-bond donors (Lipinski definition) is 0. The van der Waals surface area contributed by atoms with Crippen molar-refractivity contribution in [2.24, 2.45) is 0 Å². The third-order valence-corrected chi connectivity index (χ3v) is 4.12. The topological polar surface area (TPSA) is 35.5 Å². The minimum atomic E-state index is 0.0766. The van der Waals surface area contributed by atoms with Crippen LogP contribution >= 0.6 is 11.3 Å². The molecule has 1 aromatic rings. The van der Waals surface area contributed by atoms with E-state index in [0.29, 0.717) is 6.61 Å². The fourth-order valence-electron chi connectivity index (χ4n) is 1.85. The molecule has 1 aromatic heterocycles. The van der Waals surface area contributed by atoms with Crippen LogP contribution in [0.5, 0.6) is 0 Å². The first-order valence-electron chi connectivity index (χ1n) is 6.11. The van der Waals surface area contributed by atoms with Gasteiger partial charge in [-0.15, -0.1) is 11.3 Å². The summed E-state index contributed by atoms with van der Waals surface area (Å²) in [5.41, 5.74) is 0. The van der Waals surface area contributed by atoms with Crippen LogP contribution < -0.4 is 0 Å². The smallest absolute Gasteiger partial charge is 0.198 e. The second-order valence-electron chi connectivity index (χ2n) is 4.19. The Labute approximate surface area is 106 Å². The maximum Gasteiger partial charge on any atom is 0.198 e. The van der Waals surface area contributed by atoms with E-state index in [1.54, 1.807) is 11.3 Å². The summed E-state index contributed by atoms with van der Waals surface area (Å²) in [7, 11) is 0. The number of rotatable bonds is 6. The summed E-state index contributed by atoms with van der Waals surface area (Å²) in [6, 6.07) is 3.90. The van der Waals surface area contributed by atoms with E-state index in [-0.39, 0.29) is 18.5 Å². The Kier molecular flexibility index (Phi) is 4.71. The molecule has 1 aliphatic heterocycles. The van der Waals surface area contributed by atoms with E-state index in [0.717, 1.165) is 30.7 Å². The van der Waals surface area contributed by atoms with Crippen molar-refractivity contribution >= 4 is 17.1 Å². The van der Waals surface area contributed by atoms with Gasteiger partial charge in [0.2, 0.25) is 0 Å². The summed E-state index contributed by atoms with van der Waals surface area (Å²) in [6.07, 6.45) is 3.33. The van der Waals surface area contributed by atoms with Crippen molar-refractivity contribution in [1.29, 1.82) is 0 Å². The molecule has 0 amide bonds. The minimum absolute atomic E-state index is 0.0766. The number of carbonyl (C=O) groups is 1. The van der Waals surface area contributed by atoms with Gasteiger partial charge in [-0.25, -0.2) is 0 Å². The molecule has 0 N–H and O–H groups in total. The van der Waals surface area contributed by atoms with Gasteiger partial charge in [-0.05, 0) is 31.4 Å². The van der Waals surface area contributed by atoms with Gasteiger partial charge in [0.15, 0.2) is 5.78 Å². The Hall–Kier alpha value is -0.710. The number of carbonyl (C=O) groups excluding carboxylic acids is 1. The summed E-state index contributed by atoms with van der Waals surface area (Å²) in [6.45, 7) is 3.63. The largest absolute Gasteiger partial charge is 0.376 e. The van der Waals surface area contributed by atoms with Gasteiger partial charge in [0.25, 0.3) is 0 Å². The van der Waals surface area contributed by atoms with Crippen LogP contribution in [0.4, 0.5) is 0 Å². The van der Waals surface area contributed by atoms with Gasteiger partial charge >= 0.3 is 0 Å². The molecular weight excluding hydrogens is 236 g/mol. The number of thiophene rings is 1. The molecule has 1 fully saturated rings. The fourth-order valence-corrected chi connectivity index (χ4v) is 2.72. The van der Waals surface area contributed by atoms with Crippen molar-refractivity contribution in [3.8, 4) is 0 Å². The summed E-state index contributed by atoms with van der Waals surface area (Å²) < 4.78 is 10.8. The van der Waals surface area contributed by atoms with Gasteiger partial charge in [0, 0.05) is 11.5 Å². The molecular formula is C13H18O3S. The number of hydrogen-bond acceptors (Lipinski definition) is 4. The standard InChI is InChI=1S/C13H18O3S/c1-2-11-5-6-13(17-11)12(14)9-15-8-10-4-3-7-16-10/h5-6,10H,2-4,7-9H2,1H3. The highest BCUT2D eigenvalue weighted by Crippen LogP contribution is 2.18. The number of aryl methyl sites for hydroxylation is 1. The molecule has 1 unspecified atom stereocenters. The molecule has 1 saturated heterocycles. The number of Topliss-reactive ketones (excluding diaryl/α,β-unsaturated/α-hetero) is 1. The van der Waals surface area contributed by atoms with Crippen molar-refractivity contribution in [3.63, 3.8) is 0 Å². The van der Waals surface area contributed by atoms with E-state index < -0.39 is 0 Å². The molecule has 0 bridgehead atoms. The summed E-state index contributed by atoms with van der Waals surface area (Å²) in [5.74, 6) is 0.0766. The zero-order valence-corrected chi connectivity index (χ0v) is 10.9. The fraction of sp³-hybridized carbons (Fsp3) is 0.615. The first-order chi connectivity index (χ1) is 8.29. The Balaban J connectivity index is 1.72. The van der Waals surface area contributed by atoms with Gasteiger partial charge in [-0.3, -0.25) is 4.79 Å². The van der Waals surface area contributed by atoms with Crippen molar-refractivity contribution in [3.05, 3.63) is 21.9 Å². The van der Waals surface area contributed by atoms with E-state index in [2.05, 4.69) is 6.92 Å². The molecule has 2 heterocycles. The second kappa shape index (κ2) is 6.28. The van der Waals surface area contributed by atoms with Crippen LogP contribution in [0.15, 0.2) is 12.1 Å². The Morgan fingerprint density at radius 1 is 1.59 bits per heavy atom. The van der Waals surface area contributed by atoms with Crippen LogP contribution in [0.25, 0.3) is 0 Å². The average Bonchev–Trinajstić information content (AvgIpc) is 2.99. The van der Waals surface area contributed by atoms with E-state index in [9.17, 15) is 4.79 Å². The van der Waals surface area contributed by atoms with Gasteiger partial charge in [-0.2, -0.15) is 0 Å². The molecule has 94 valence electrons. The second-order valence-corrected chi connectivity index (χ2v) is 5.36. The zero-order valence-electron chi connectivity index (χ0n) is 10.1. The Morgan fingerprint density at radius 3 is 3.12 bits per heavy atom. The van der Waals surface area contributed by atoms with Crippen LogP contribution in [0, 0.1) is 0 Å². The maximum absolute atomic E-state index is 11.8. The van der Waals surface area contributed by atoms with Crippen molar-refractivity contribution in [2.45, 2.75) is 32.3 Å². The van der Waals surface area contributed by atoms with Crippen LogP contribution in [-0.2, 0) is 15.9 Å². The summed E-state index contributed by atoms with van der Waals surface area (Å²) in [5, 5.41) is 0. The Bertz CT molecular complexity index is 366. The number of ketones is 1. The first-order valence-corrected chi connectivity index (χ1v) is 6.92. The highest BCUT2D eigenvalue weighted by atomic mass is 32.1. The van der Waals surface area contributed by atoms with Crippen molar-refractivity contribution in [1.82, 2.24) is 0 Å². The third kappa shape index (κ3) is 3.63. The van der Waals surface area contributed by atoms with E-state index in [4.69, 9.17) is 9.47 Å². The quantitative estimate of drug-likeness (QED) is 0.732. The van der Waals surface area contributed by atoms with Gasteiger partial charge in [0.1, 0.15) is 6.61 Å². The maximum atomic E-state index is 11.8. The normalized spacial score (nSPS) is 19.7. The van der Waals surface area contributed by atoms with Crippen molar-refractivity contribution < 1.29 is 14.3 Å². The monoisotopic (exact) mass is 254 g/mol. The molecule has 0 spiro atoms. The molecule has 0 aromatic carbocycles. The van der Waals surface area contributed by atoms with Crippen LogP contribution in [0.2, 0.25) is 0 Å². The van der Waals surface area contributed by atoms with Crippen molar-refractivity contribution in [2.75, 3.05) is 19.8 Å². The molecule has 0 aliphatic carbocycles. The predicted octanol–water partition coefficient (Wildman–Crippen LogP) is 2.69. The van der Waals surface area contributed by atoms with Crippen LogP contribution in [0.3, 0.4) is 0 Å². The highest BCUT2D eigenvalue weighted by molar-refractivity contribution is 7.14. The van der Waals surface area contributed by atoms with E-state index in [1.807, 2.05) is 12.1 Å².